The molecule has 10 aromatic rings. The molecule has 0 atom stereocenters. The van der Waals surface area contributed by atoms with E-state index in [2.05, 4.69) is 132 Å². The van der Waals surface area contributed by atoms with Gasteiger partial charge in [0.25, 0.3) is 0 Å². The van der Waals surface area contributed by atoms with E-state index in [9.17, 15) is 0 Å². The van der Waals surface area contributed by atoms with E-state index in [-0.39, 0.29) is 0 Å². The zero-order valence-electron chi connectivity index (χ0n) is 21.9. The van der Waals surface area contributed by atoms with Gasteiger partial charge in [0.05, 0.1) is 11.0 Å². The SMILES string of the molecule is c1ccc2c(c1)oc1c2c2ccccc2c2c3ccccc3n(-c3ccc4ccc5sc6ccccc6c5c4c3)c12. The topological polar surface area (TPSA) is 18.1 Å². The van der Waals surface area contributed by atoms with Crippen molar-refractivity contribution < 1.29 is 4.42 Å². The lowest BCUT2D eigenvalue weighted by atomic mass is 9.99. The van der Waals surface area contributed by atoms with Crippen LogP contribution in [0.5, 0.6) is 0 Å². The molecule has 0 aliphatic heterocycles. The van der Waals surface area contributed by atoms with E-state index >= 15 is 0 Å². The van der Waals surface area contributed by atoms with Crippen molar-refractivity contribution in [3.8, 4) is 5.69 Å². The Kier molecular flexibility index (Phi) is 4.10. The summed E-state index contributed by atoms with van der Waals surface area (Å²) in [4.78, 5) is 0. The highest BCUT2D eigenvalue weighted by Gasteiger charge is 2.23. The number of fused-ring (bicyclic) bond motifs is 15. The molecule has 0 spiro atoms. The molecule has 3 aromatic heterocycles. The first-order valence-corrected chi connectivity index (χ1v) is 14.8. The van der Waals surface area contributed by atoms with Gasteiger partial charge >= 0.3 is 0 Å². The summed E-state index contributed by atoms with van der Waals surface area (Å²) in [6.45, 7) is 0. The molecule has 0 amide bonds. The van der Waals surface area contributed by atoms with E-state index in [0.717, 1.165) is 27.8 Å². The normalized spacial score (nSPS) is 12.4. The summed E-state index contributed by atoms with van der Waals surface area (Å²) in [5.74, 6) is 0. The van der Waals surface area contributed by atoms with Crippen LogP contribution in [0.25, 0.3) is 91.1 Å². The average molecular weight is 540 g/mol. The molecule has 0 saturated heterocycles. The first-order valence-electron chi connectivity index (χ1n) is 13.9. The van der Waals surface area contributed by atoms with Gasteiger partial charge in [0, 0.05) is 47.4 Å². The first kappa shape index (κ1) is 21.7. The minimum absolute atomic E-state index is 0.918. The fourth-order valence-corrected chi connectivity index (χ4v) is 8.19. The summed E-state index contributed by atoms with van der Waals surface area (Å²) >= 11 is 1.87. The third-order valence-electron chi connectivity index (χ3n) is 8.75. The molecule has 7 aromatic carbocycles. The number of nitrogens with zero attached hydrogens (tertiary/aromatic N) is 1. The van der Waals surface area contributed by atoms with Crippen LogP contribution in [0.1, 0.15) is 0 Å². The highest BCUT2D eigenvalue weighted by Crippen LogP contribution is 2.46. The fraction of sp³-hybridized carbons (Fsp3) is 0. The van der Waals surface area contributed by atoms with Crippen molar-refractivity contribution in [3.63, 3.8) is 0 Å². The van der Waals surface area contributed by atoms with Crippen LogP contribution in [0.3, 0.4) is 0 Å². The predicted octanol–water partition coefficient (Wildman–Crippen LogP) is 11.4. The lowest BCUT2D eigenvalue weighted by Crippen LogP contribution is -1.94. The van der Waals surface area contributed by atoms with E-state index in [0.29, 0.717) is 0 Å². The summed E-state index contributed by atoms with van der Waals surface area (Å²) < 4.78 is 11.8. The molecule has 0 fully saturated rings. The monoisotopic (exact) mass is 539 g/mol. The summed E-state index contributed by atoms with van der Waals surface area (Å²) in [6, 6.07) is 46.2. The number of benzene rings is 7. The molecular formula is C38H21NOS. The van der Waals surface area contributed by atoms with Crippen LogP contribution in [0.2, 0.25) is 0 Å². The predicted molar refractivity (Wildman–Crippen MR) is 176 cm³/mol. The van der Waals surface area contributed by atoms with Crippen LogP contribution in [-0.4, -0.2) is 4.57 Å². The number of aromatic nitrogens is 1. The molecule has 0 bridgehead atoms. The quantitative estimate of drug-likeness (QED) is 0.203. The summed E-state index contributed by atoms with van der Waals surface area (Å²) in [5, 5.41) is 12.5. The van der Waals surface area contributed by atoms with E-state index in [1.54, 1.807) is 0 Å². The summed E-state index contributed by atoms with van der Waals surface area (Å²) in [7, 11) is 0. The second-order valence-corrected chi connectivity index (χ2v) is 12.0. The molecular weight excluding hydrogens is 518 g/mol. The van der Waals surface area contributed by atoms with Crippen molar-refractivity contribution in [2.24, 2.45) is 0 Å². The number of thiophene rings is 1. The van der Waals surface area contributed by atoms with E-state index < -0.39 is 0 Å². The van der Waals surface area contributed by atoms with Gasteiger partial charge in [-0.2, -0.15) is 0 Å². The molecule has 3 heterocycles. The van der Waals surface area contributed by atoms with Crippen molar-refractivity contribution in [3.05, 3.63) is 127 Å². The molecule has 0 saturated carbocycles. The summed E-state index contributed by atoms with van der Waals surface area (Å²) in [6.07, 6.45) is 0. The molecule has 0 N–H and O–H groups in total. The first-order chi connectivity index (χ1) is 20.3. The number of hydrogen-bond donors (Lipinski definition) is 0. The van der Waals surface area contributed by atoms with Crippen LogP contribution in [0.15, 0.2) is 132 Å². The second-order valence-electron chi connectivity index (χ2n) is 10.9. The van der Waals surface area contributed by atoms with Gasteiger partial charge in [0.1, 0.15) is 5.58 Å². The molecule has 2 nitrogen and oxygen atoms in total. The Morgan fingerprint density at radius 1 is 0.488 bits per heavy atom. The lowest BCUT2D eigenvalue weighted by Gasteiger charge is -2.11. The van der Waals surface area contributed by atoms with Crippen molar-refractivity contribution in [1.82, 2.24) is 4.57 Å². The molecule has 190 valence electrons. The van der Waals surface area contributed by atoms with E-state index in [4.69, 9.17) is 4.42 Å². The van der Waals surface area contributed by atoms with Gasteiger partial charge in [-0.1, -0.05) is 91.0 Å². The van der Waals surface area contributed by atoms with Gasteiger partial charge in [-0.25, -0.2) is 0 Å². The maximum Gasteiger partial charge on any atom is 0.160 e. The van der Waals surface area contributed by atoms with E-state index in [1.165, 1.54) is 63.4 Å². The van der Waals surface area contributed by atoms with Gasteiger partial charge in [-0.3, -0.25) is 0 Å². The molecule has 3 heteroatoms. The average Bonchev–Trinajstić information content (AvgIpc) is 3.71. The minimum Gasteiger partial charge on any atom is -0.454 e. The molecule has 0 unspecified atom stereocenters. The Morgan fingerprint density at radius 2 is 1.17 bits per heavy atom. The summed E-state index contributed by atoms with van der Waals surface area (Å²) in [5.41, 5.74) is 5.31. The van der Waals surface area contributed by atoms with Gasteiger partial charge in [0.15, 0.2) is 5.58 Å². The minimum atomic E-state index is 0.918. The maximum absolute atomic E-state index is 6.75. The third kappa shape index (κ3) is 2.76. The van der Waals surface area contributed by atoms with Gasteiger partial charge < -0.3 is 8.98 Å². The van der Waals surface area contributed by atoms with Crippen LogP contribution in [-0.2, 0) is 0 Å². The standard InChI is InChI=1S/C38H21NOS/c1-2-10-25-24(9-1)35-26-11-3-6-14-30(26)39(37(35)38-36(25)27-12-4-7-15-31(27)40-38)23-19-17-22-18-20-33-34(29(22)21-23)28-13-5-8-16-32(28)41-33/h1-21H. The zero-order chi connectivity index (χ0) is 26.7. The van der Waals surface area contributed by atoms with Crippen LogP contribution in [0.4, 0.5) is 0 Å². The van der Waals surface area contributed by atoms with Crippen LogP contribution >= 0.6 is 11.3 Å². The Morgan fingerprint density at radius 3 is 2.05 bits per heavy atom. The van der Waals surface area contributed by atoms with Crippen molar-refractivity contribution in [2.75, 3.05) is 0 Å². The number of hydrogen-bond acceptors (Lipinski definition) is 2. The largest absolute Gasteiger partial charge is 0.454 e. The highest BCUT2D eigenvalue weighted by molar-refractivity contribution is 7.26. The Balaban J connectivity index is 1.45. The lowest BCUT2D eigenvalue weighted by molar-refractivity contribution is 0.671. The molecule has 10 rings (SSSR count). The van der Waals surface area contributed by atoms with Crippen molar-refractivity contribution in [2.45, 2.75) is 0 Å². The number of furan rings is 1. The number of rotatable bonds is 1. The zero-order valence-corrected chi connectivity index (χ0v) is 22.7. The third-order valence-corrected chi connectivity index (χ3v) is 9.89. The smallest absolute Gasteiger partial charge is 0.160 e. The fourth-order valence-electron chi connectivity index (χ4n) is 7.06. The van der Waals surface area contributed by atoms with Crippen LogP contribution < -0.4 is 0 Å². The molecule has 0 radical (unpaired) electrons. The van der Waals surface area contributed by atoms with Gasteiger partial charge in [0.2, 0.25) is 0 Å². The van der Waals surface area contributed by atoms with Crippen LogP contribution in [0, 0.1) is 0 Å². The second kappa shape index (κ2) is 7.75. The van der Waals surface area contributed by atoms with E-state index in [1.807, 2.05) is 11.3 Å². The Labute approximate surface area is 238 Å². The number of para-hydroxylation sites is 2. The molecule has 41 heavy (non-hydrogen) atoms. The Hall–Kier alpha value is -5.12. The molecule has 0 aliphatic carbocycles. The van der Waals surface area contributed by atoms with Gasteiger partial charge in [-0.15, -0.1) is 11.3 Å². The van der Waals surface area contributed by atoms with Gasteiger partial charge in [-0.05, 0) is 57.9 Å². The maximum atomic E-state index is 6.75. The molecule has 0 aliphatic rings. The van der Waals surface area contributed by atoms with Crippen molar-refractivity contribution in [1.29, 1.82) is 0 Å². The van der Waals surface area contributed by atoms with Crippen molar-refractivity contribution >= 4 is 96.8 Å². The highest BCUT2D eigenvalue weighted by atomic mass is 32.1. The Bertz CT molecular complexity index is 2700.